The maximum atomic E-state index is 12.9. The molecule has 0 radical (unpaired) electrons. The standard InChI is InChI=1S/C22H21FN4O/c23-17-4-6-19(7-5-17)26-22(28)16-3-12-21(24-15-16)25-18-8-10-20(11-9-18)27-13-1-2-14-27/h3-12,15H,1-2,13-14H2,(H,24,25)(H,26,28). The summed E-state index contributed by atoms with van der Waals surface area (Å²) in [6.07, 6.45) is 4.02. The highest BCUT2D eigenvalue weighted by molar-refractivity contribution is 6.04. The second-order valence-electron chi connectivity index (χ2n) is 6.76. The van der Waals surface area contributed by atoms with Crippen molar-refractivity contribution in [3.8, 4) is 0 Å². The van der Waals surface area contributed by atoms with Gasteiger partial charge in [-0.25, -0.2) is 9.37 Å². The van der Waals surface area contributed by atoms with Crippen LogP contribution in [0.5, 0.6) is 0 Å². The highest BCUT2D eigenvalue weighted by Gasteiger charge is 2.12. The van der Waals surface area contributed by atoms with Gasteiger partial charge in [0.05, 0.1) is 5.56 Å². The Kier molecular flexibility index (Phi) is 5.19. The largest absolute Gasteiger partial charge is 0.372 e. The quantitative estimate of drug-likeness (QED) is 0.670. The lowest BCUT2D eigenvalue weighted by molar-refractivity contribution is 0.102. The van der Waals surface area contributed by atoms with Gasteiger partial charge in [0.15, 0.2) is 0 Å². The van der Waals surface area contributed by atoms with Crippen molar-refractivity contribution in [3.05, 3.63) is 78.2 Å². The number of carbonyl (C=O) groups excluding carboxylic acids is 1. The van der Waals surface area contributed by atoms with Crippen LogP contribution in [0, 0.1) is 5.82 Å². The topological polar surface area (TPSA) is 57.3 Å². The Bertz CT molecular complexity index is 934. The summed E-state index contributed by atoms with van der Waals surface area (Å²) in [4.78, 5) is 19.0. The van der Waals surface area contributed by atoms with Crippen molar-refractivity contribution < 1.29 is 9.18 Å². The minimum absolute atomic E-state index is 0.291. The van der Waals surface area contributed by atoms with Crippen molar-refractivity contribution >= 4 is 28.8 Å². The molecule has 0 unspecified atom stereocenters. The number of carbonyl (C=O) groups is 1. The summed E-state index contributed by atoms with van der Waals surface area (Å²) in [6.45, 7) is 2.24. The third-order valence-electron chi connectivity index (χ3n) is 4.74. The molecule has 0 saturated carbocycles. The fraction of sp³-hybridized carbons (Fsp3) is 0.182. The van der Waals surface area contributed by atoms with Crippen LogP contribution in [-0.4, -0.2) is 24.0 Å². The number of pyridine rings is 1. The van der Waals surface area contributed by atoms with Crippen LogP contribution in [0.3, 0.4) is 0 Å². The summed E-state index contributed by atoms with van der Waals surface area (Å²) in [6, 6.07) is 17.4. The van der Waals surface area contributed by atoms with Crippen molar-refractivity contribution in [2.75, 3.05) is 28.6 Å². The Labute approximate surface area is 163 Å². The van der Waals surface area contributed by atoms with E-state index in [9.17, 15) is 9.18 Å². The number of hydrogen-bond donors (Lipinski definition) is 2. The third-order valence-corrected chi connectivity index (χ3v) is 4.74. The maximum absolute atomic E-state index is 12.9. The van der Waals surface area contributed by atoms with Gasteiger partial charge in [-0.2, -0.15) is 0 Å². The van der Waals surface area contributed by atoms with E-state index in [4.69, 9.17) is 0 Å². The molecular weight excluding hydrogens is 355 g/mol. The normalized spacial score (nSPS) is 13.4. The summed E-state index contributed by atoms with van der Waals surface area (Å²) in [5.41, 5.74) is 3.15. The molecule has 0 spiro atoms. The average Bonchev–Trinajstić information content (AvgIpc) is 3.26. The van der Waals surface area contributed by atoms with E-state index in [0.717, 1.165) is 18.8 Å². The Morgan fingerprint density at radius 3 is 2.21 bits per heavy atom. The number of halogens is 1. The van der Waals surface area contributed by atoms with Crippen molar-refractivity contribution in [2.24, 2.45) is 0 Å². The van der Waals surface area contributed by atoms with E-state index in [-0.39, 0.29) is 11.7 Å². The monoisotopic (exact) mass is 376 g/mol. The first-order valence-corrected chi connectivity index (χ1v) is 9.32. The third kappa shape index (κ3) is 4.28. The zero-order valence-corrected chi connectivity index (χ0v) is 15.4. The predicted octanol–water partition coefficient (Wildman–Crippen LogP) is 4.82. The van der Waals surface area contributed by atoms with Gasteiger partial charge in [0.25, 0.3) is 5.91 Å². The number of anilines is 4. The van der Waals surface area contributed by atoms with E-state index in [1.54, 1.807) is 12.1 Å². The molecule has 0 atom stereocenters. The number of nitrogens with one attached hydrogen (secondary N) is 2. The first kappa shape index (κ1) is 18.0. The molecule has 4 rings (SSSR count). The SMILES string of the molecule is O=C(Nc1ccc(F)cc1)c1ccc(Nc2ccc(N3CCCC3)cc2)nc1. The molecular formula is C22H21FN4O. The fourth-order valence-electron chi connectivity index (χ4n) is 3.22. The predicted molar refractivity (Wildman–Crippen MR) is 110 cm³/mol. The molecule has 142 valence electrons. The van der Waals surface area contributed by atoms with E-state index < -0.39 is 0 Å². The lowest BCUT2D eigenvalue weighted by Gasteiger charge is -2.17. The van der Waals surface area contributed by atoms with Gasteiger partial charge >= 0.3 is 0 Å². The summed E-state index contributed by atoms with van der Waals surface area (Å²) >= 11 is 0. The van der Waals surface area contributed by atoms with E-state index in [0.29, 0.717) is 17.1 Å². The van der Waals surface area contributed by atoms with Crippen molar-refractivity contribution in [1.29, 1.82) is 0 Å². The number of nitrogens with zero attached hydrogens (tertiary/aromatic N) is 2. The maximum Gasteiger partial charge on any atom is 0.257 e. The molecule has 1 amide bonds. The number of hydrogen-bond acceptors (Lipinski definition) is 4. The number of amides is 1. The zero-order chi connectivity index (χ0) is 19.3. The molecule has 3 aromatic rings. The lowest BCUT2D eigenvalue weighted by atomic mass is 10.2. The Hall–Kier alpha value is -3.41. The van der Waals surface area contributed by atoms with E-state index in [1.165, 1.54) is 49.0 Å². The molecule has 0 aliphatic carbocycles. The van der Waals surface area contributed by atoms with E-state index >= 15 is 0 Å². The average molecular weight is 376 g/mol. The van der Waals surface area contributed by atoms with Crippen molar-refractivity contribution in [1.82, 2.24) is 4.98 Å². The minimum Gasteiger partial charge on any atom is -0.372 e. The highest BCUT2D eigenvalue weighted by Crippen LogP contribution is 2.23. The van der Waals surface area contributed by atoms with Gasteiger partial charge in [-0.1, -0.05) is 0 Å². The number of rotatable bonds is 5. The van der Waals surface area contributed by atoms with E-state index in [1.807, 2.05) is 12.1 Å². The van der Waals surface area contributed by atoms with Crippen LogP contribution in [0.4, 0.5) is 27.3 Å². The first-order valence-electron chi connectivity index (χ1n) is 9.32. The molecule has 5 nitrogen and oxygen atoms in total. The zero-order valence-electron chi connectivity index (χ0n) is 15.4. The first-order chi connectivity index (χ1) is 13.7. The van der Waals surface area contributed by atoms with Gasteiger partial charge < -0.3 is 15.5 Å². The fourth-order valence-corrected chi connectivity index (χ4v) is 3.22. The molecule has 2 aromatic carbocycles. The number of benzene rings is 2. The smallest absolute Gasteiger partial charge is 0.257 e. The van der Waals surface area contributed by atoms with Crippen LogP contribution >= 0.6 is 0 Å². The van der Waals surface area contributed by atoms with Crippen LogP contribution in [0.25, 0.3) is 0 Å². The van der Waals surface area contributed by atoms with Crippen LogP contribution in [0.2, 0.25) is 0 Å². The Morgan fingerprint density at radius 1 is 0.893 bits per heavy atom. The molecule has 6 heteroatoms. The molecule has 2 N–H and O–H groups in total. The van der Waals surface area contributed by atoms with Gasteiger partial charge in [-0.05, 0) is 73.5 Å². The van der Waals surface area contributed by atoms with Gasteiger partial charge in [-0.3, -0.25) is 4.79 Å². The molecule has 2 heterocycles. The molecule has 28 heavy (non-hydrogen) atoms. The van der Waals surface area contributed by atoms with E-state index in [2.05, 4.69) is 32.7 Å². The van der Waals surface area contributed by atoms with Crippen LogP contribution in [0.15, 0.2) is 66.9 Å². The summed E-state index contributed by atoms with van der Waals surface area (Å²) in [5, 5.41) is 5.96. The Morgan fingerprint density at radius 2 is 1.57 bits per heavy atom. The summed E-state index contributed by atoms with van der Waals surface area (Å²) in [7, 11) is 0. The lowest BCUT2D eigenvalue weighted by Crippen LogP contribution is -2.17. The number of aromatic nitrogens is 1. The second-order valence-corrected chi connectivity index (χ2v) is 6.76. The molecule has 1 aliphatic heterocycles. The van der Waals surface area contributed by atoms with Crippen LogP contribution in [-0.2, 0) is 0 Å². The van der Waals surface area contributed by atoms with Gasteiger partial charge in [-0.15, -0.1) is 0 Å². The summed E-state index contributed by atoms with van der Waals surface area (Å²) < 4.78 is 12.9. The highest BCUT2D eigenvalue weighted by atomic mass is 19.1. The molecule has 1 aliphatic rings. The minimum atomic E-state index is -0.344. The molecule has 0 bridgehead atoms. The molecule has 1 fully saturated rings. The van der Waals surface area contributed by atoms with Crippen LogP contribution in [0.1, 0.15) is 23.2 Å². The van der Waals surface area contributed by atoms with Gasteiger partial charge in [0.2, 0.25) is 0 Å². The van der Waals surface area contributed by atoms with Crippen molar-refractivity contribution in [3.63, 3.8) is 0 Å². The molecule has 1 saturated heterocycles. The van der Waals surface area contributed by atoms with Gasteiger partial charge in [0.1, 0.15) is 11.6 Å². The Balaban J connectivity index is 1.37. The van der Waals surface area contributed by atoms with Gasteiger partial charge in [0, 0.05) is 36.3 Å². The second kappa shape index (κ2) is 8.08. The van der Waals surface area contributed by atoms with Crippen LogP contribution < -0.4 is 15.5 Å². The summed E-state index contributed by atoms with van der Waals surface area (Å²) in [5.74, 6) is 0.0245. The van der Waals surface area contributed by atoms with Crippen molar-refractivity contribution in [2.45, 2.75) is 12.8 Å². The molecule has 1 aromatic heterocycles.